The Morgan fingerprint density at radius 2 is 2.14 bits per heavy atom. The van der Waals surface area contributed by atoms with Gasteiger partial charge in [-0.05, 0) is 31.8 Å². The number of carbonyl (C=O) groups is 1. The number of hydrogen-bond donors (Lipinski definition) is 1. The van der Waals surface area contributed by atoms with E-state index in [1.54, 1.807) is 0 Å². The molecule has 9 heteroatoms. The zero-order valence-corrected chi connectivity index (χ0v) is 13.7. The zero-order valence-electron chi connectivity index (χ0n) is 12.1. The first-order valence-corrected chi connectivity index (χ1v) is 8.41. The van der Waals surface area contributed by atoms with E-state index >= 15 is 0 Å². The first kappa shape index (κ1) is 15.9. The van der Waals surface area contributed by atoms with Gasteiger partial charge in [-0.1, -0.05) is 29.6 Å². The average Bonchev–Trinajstić information content (AvgIpc) is 3.02. The number of carboxylic acids is 1. The first-order valence-electron chi connectivity index (χ1n) is 6.65. The van der Waals surface area contributed by atoms with Gasteiger partial charge in [0.2, 0.25) is 0 Å². The van der Waals surface area contributed by atoms with Crippen LogP contribution in [0.1, 0.15) is 38.9 Å². The van der Waals surface area contributed by atoms with Crippen molar-refractivity contribution < 1.29 is 9.90 Å². The van der Waals surface area contributed by atoms with Gasteiger partial charge in [0, 0.05) is 6.04 Å². The highest BCUT2D eigenvalue weighted by Crippen LogP contribution is 2.31. The summed E-state index contributed by atoms with van der Waals surface area (Å²) in [6.07, 6.45) is 1.82. The summed E-state index contributed by atoms with van der Waals surface area (Å²) in [7, 11) is 0. The molecule has 2 rings (SSSR count). The van der Waals surface area contributed by atoms with Crippen molar-refractivity contribution in [1.29, 1.82) is 0 Å². The van der Waals surface area contributed by atoms with Gasteiger partial charge in [0.05, 0.1) is 11.4 Å². The van der Waals surface area contributed by atoms with E-state index in [1.165, 1.54) is 23.3 Å². The van der Waals surface area contributed by atoms with Gasteiger partial charge >= 0.3 is 5.97 Å². The minimum atomic E-state index is -0.869. The Bertz CT molecular complexity index is 623. The smallest absolute Gasteiger partial charge is 0.313 e. The molecule has 2 aromatic heterocycles. The van der Waals surface area contributed by atoms with Crippen LogP contribution in [0.15, 0.2) is 5.16 Å². The maximum Gasteiger partial charge on any atom is 0.313 e. The van der Waals surface area contributed by atoms with Crippen LogP contribution in [-0.2, 0) is 11.2 Å². The van der Waals surface area contributed by atoms with E-state index in [1.807, 2.05) is 18.4 Å². The number of carboxylic acid groups (broad SMARTS) is 1. The van der Waals surface area contributed by atoms with E-state index in [9.17, 15) is 4.79 Å². The molecule has 0 amide bonds. The minimum Gasteiger partial charge on any atom is -0.481 e. The second-order valence-electron chi connectivity index (χ2n) is 4.75. The summed E-state index contributed by atoms with van der Waals surface area (Å²) < 4.78 is 5.96. The molecule has 0 bridgehead atoms. The molecule has 114 valence electrons. The molecule has 0 saturated heterocycles. The van der Waals surface area contributed by atoms with Crippen LogP contribution < -0.4 is 0 Å². The highest BCUT2D eigenvalue weighted by molar-refractivity contribution is 7.99. The summed E-state index contributed by atoms with van der Waals surface area (Å²) in [5.41, 5.74) is 0.923. The van der Waals surface area contributed by atoms with Crippen molar-refractivity contribution in [3.8, 4) is 10.7 Å². The maximum absolute atomic E-state index is 10.7. The average molecular weight is 327 g/mol. The SMILES string of the molecule is CCCc1nnsc1-c1nnc(SCC(=O)O)n1C(C)C. The summed E-state index contributed by atoms with van der Waals surface area (Å²) in [4.78, 5) is 11.6. The van der Waals surface area contributed by atoms with Crippen LogP contribution in [-0.4, -0.2) is 41.2 Å². The van der Waals surface area contributed by atoms with Gasteiger partial charge in [0.25, 0.3) is 0 Å². The highest BCUT2D eigenvalue weighted by atomic mass is 32.2. The van der Waals surface area contributed by atoms with E-state index in [-0.39, 0.29) is 11.8 Å². The van der Waals surface area contributed by atoms with E-state index < -0.39 is 5.97 Å². The van der Waals surface area contributed by atoms with Crippen molar-refractivity contribution in [2.75, 3.05) is 5.75 Å². The van der Waals surface area contributed by atoms with Crippen LogP contribution in [0.2, 0.25) is 0 Å². The normalized spacial score (nSPS) is 11.2. The number of rotatable bonds is 7. The fourth-order valence-electron chi connectivity index (χ4n) is 1.90. The highest BCUT2D eigenvalue weighted by Gasteiger charge is 2.21. The third-order valence-electron chi connectivity index (χ3n) is 2.75. The minimum absolute atomic E-state index is 0.0341. The van der Waals surface area contributed by atoms with Crippen molar-refractivity contribution in [1.82, 2.24) is 24.4 Å². The number of nitrogens with zero attached hydrogens (tertiary/aromatic N) is 5. The summed E-state index contributed by atoms with van der Waals surface area (Å²) >= 11 is 2.48. The van der Waals surface area contributed by atoms with Gasteiger partial charge in [-0.3, -0.25) is 9.36 Å². The lowest BCUT2D eigenvalue weighted by Crippen LogP contribution is -2.07. The van der Waals surface area contributed by atoms with Crippen LogP contribution in [0.25, 0.3) is 10.7 Å². The molecular weight excluding hydrogens is 310 g/mol. The second-order valence-corrected chi connectivity index (χ2v) is 6.45. The molecule has 0 fully saturated rings. The van der Waals surface area contributed by atoms with Crippen molar-refractivity contribution in [3.05, 3.63) is 5.69 Å². The van der Waals surface area contributed by atoms with Gasteiger partial charge in [0.1, 0.15) is 4.88 Å². The molecule has 0 aliphatic rings. The van der Waals surface area contributed by atoms with Crippen molar-refractivity contribution in [3.63, 3.8) is 0 Å². The van der Waals surface area contributed by atoms with Crippen molar-refractivity contribution in [2.45, 2.75) is 44.8 Å². The van der Waals surface area contributed by atoms with E-state index in [2.05, 4.69) is 26.7 Å². The summed E-state index contributed by atoms with van der Waals surface area (Å²) in [6, 6.07) is 0.128. The number of thioether (sulfide) groups is 1. The standard InChI is InChI=1S/C12H17N5O2S2/c1-4-5-8-10(21-16-13-8)11-14-15-12(17(11)7(2)3)20-6-9(18)19/h7H,4-6H2,1-3H3,(H,18,19). The predicted octanol–water partition coefficient (Wildman–Crippen LogP) is 2.51. The maximum atomic E-state index is 10.7. The van der Waals surface area contributed by atoms with Crippen LogP contribution in [0, 0.1) is 0 Å². The molecule has 0 atom stereocenters. The van der Waals surface area contributed by atoms with Crippen LogP contribution in [0.3, 0.4) is 0 Å². The molecule has 2 heterocycles. The lowest BCUT2D eigenvalue weighted by molar-refractivity contribution is -0.133. The molecule has 1 N–H and O–H groups in total. The summed E-state index contributed by atoms with van der Waals surface area (Å²) in [5, 5.41) is 21.9. The Morgan fingerprint density at radius 1 is 1.38 bits per heavy atom. The van der Waals surface area contributed by atoms with Gasteiger partial charge < -0.3 is 5.11 Å². The molecule has 21 heavy (non-hydrogen) atoms. The Hall–Kier alpha value is -1.48. The molecule has 2 aromatic rings. The Kier molecular flexibility index (Phi) is 5.29. The molecule has 0 spiro atoms. The fraction of sp³-hybridized carbons (Fsp3) is 0.583. The molecule has 0 aliphatic carbocycles. The Balaban J connectivity index is 2.39. The number of aliphatic carboxylic acids is 1. The van der Waals surface area contributed by atoms with Gasteiger partial charge in [0.15, 0.2) is 11.0 Å². The largest absolute Gasteiger partial charge is 0.481 e. The topological polar surface area (TPSA) is 93.8 Å². The zero-order chi connectivity index (χ0) is 15.4. The lowest BCUT2D eigenvalue weighted by atomic mass is 10.2. The van der Waals surface area contributed by atoms with Gasteiger partial charge in [-0.2, -0.15) is 0 Å². The van der Waals surface area contributed by atoms with Crippen LogP contribution >= 0.6 is 23.3 Å². The fourth-order valence-corrected chi connectivity index (χ4v) is 3.38. The van der Waals surface area contributed by atoms with E-state index in [0.29, 0.717) is 5.16 Å². The summed E-state index contributed by atoms with van der Waals surface area (Å²) in [6.45, 7) is 6.13. The first-order chi connectivity index (χ1) is 10.0. The third kappa shape index (κ3) is 3.59. The monoisotopic (exact) mass is 327 g/mol. The molecule has 0 radical (unpaired) electrons. The quantitative estimate of drug-likeness (QED) is 0.781. The van der Waals surface area contributed by atoms with E-state index in [4.69, 9.17) is 5.11 Å². The second kappa shape index (κ2) is 6.99. The Labute approximate surface area is 131 Å². The molecule has 0 aromatic carbocycles. The number of aryl methyl sites for hydroxylation is 1. The molecular formula is C12H17N5O2S2. The van der Waals surface area contributed by atoms with Crippen molar-refractivity contribution >= 4 is 29.3 Å². The third-order valence-corrected chi connectivity index (χ3v) is 4.44. The van der Waals surface area contributed by atoms with Crippen LogP contribution in [0.5, 0.6) is 0 Å². The molecule has 0 aliphatic heterocycles. The lowest BCUT2D eigenvalue weighted by Gasteiger charge is -2.12. The van der Waals surface area contributed by atoms with Crippen LogP contribution in [0.4, 0.5) is 0 Å². The molecule has 0 saturated carbocycles. The van der Waals surface area contributed by atoms with Gasteiger partial charge in [-0.15, -0.1) is 15.3 Å². The number of hydrogen-bond acceptors (Lipinski definition) is 7. The molecule has 0 unspecified atom stereocenters. The van der Waals surface area contributed by atoms with Gasteiger partial charge in [-0.25, -0.2) is 0 Å². The predicted molar refractivity (Wildman–Crippen MR) is 81.7 cm³/mol. The summed E-state index contributed by atoms with van der Waals surface area (Å²) in [5.74, 6) is -0.185. The number of aromatic nitrogens is 5. The van der Waals surface area contributed by atoms with E-state index in [0.717, 1.165) is 29.2 Å². The Morgan fingerprint density at radius 3 is 2.76 bits per heavy atom. The molecule has 7 nitrogen and oxygen atoms in total. The van der Waals surface area contributed by atoms with Crippen molar-refractivity contribution in [2.24, 2.45) is 0 Å².